The second-order valence-electron chi connectivity index (χ2n) is 7.30. The van der Waals surface area contributed by atoms with E-state index in [0.717, 1.165) is 5.69 Å². The van der Waals surface area contributed by atoms with Crippen LogP contribution in [0.25, 0.3) is 16.9 Å². The average Bonchev–Trinajstić information content (AvgIpc) is 3.21. The molecule has 2 aromatic carbocycles. The summed E-state index contributed by atoms with van der Waals surface area (Å²) in [7, 11) is 3.71. The maximum atomic E-state index is 13.7. The highest BCUT2D eigenvalue weighted by Crippen LogP contribution is 2.25. The van der Waals surface area contributed by atoms with Crippen LogP contribution in [0.4, 0.5) is 16.0 Å². The lowest BCUT2D eigenvalue weighted by Crippen LogP contribution is -2.19. The first-order valence-corrected chi connectivity index (χ1v) is 10.1. The molecule has 0 radical (unpaired) electrons. The zero-order valence-electron chi connectivity index (χ0n) is 18.0. The third-order valence-electron chi connectivity index (χ3n) is 4.76. The molecule has 0 aliphatic heterocycles. The van der Waals surface area contributed by atoms with E-state index in [2.05, 4.69) is 20.3 Å². The molecule has 0 saturated heterocycles. The number of hydrogen-bond donors (Lipinski definition) is 0. The van der Waals surface area contributed by atoms with Crippen molar-refractivity contribution in [1.82, 2.24) is 29.9 Å². The van der Waals surface area contributed by atoms with Crippen LogP contribution in [0.3, 0.4) is 0 Å². The van der Waals surface area contributed by atoms with Gasteiger partial charge in [0.25, 0.3) is 0 Å². The van der Waals surface area contributed by atoms with Gasteiger partial charge in [0.2, 0.25) is 5.95 Å². The van der Waals surface area contributed by atoms with Gasteiger partial charge in [-0.25, -0.2) is 9.37 Å². The second-order valence-corrected chi connectivity index (χ2v) is 7.30. The number of carbonyl (C=O) groups excluding carboxylic acids is 1. The molecule has 0 aliphatic carbocycles. The number of ketones is 1. The van der Waals surface area contributed by atoms with Gasteiger partial charge in [0, 0.05) is 44.2 Å². The number of rotatable bonds is 7. The first-order chi connectivity index (χ1) is 15.5. The molecule has 162 valence electrons. The van der Waals surface area contributed by atoms with E-state index in [-0.39, 0.29) is 11.6 Å². The van der Waals surface area contributed by atoms with Crippen LogP contribution in [0, 0.1) is 5.82 Å². The molecule has 0 aliphatic rings. The number of halogens is 1. The van der Waals surface area contributed by atoms with Crippen molar-refractivity contribution in [2.75, 3.05) is 25.5 Å². The third kappa shape index (κ3) is 4.31. The first-order valence-electron chi connectivity index (χ1n) is 10.1. The van der Waals surface area contributed by atoms with E-state index in [9.17, 15) is 9.18 Å². The van der Waals surface area contributed by atoms with E-state index in [1.54, 1.807) is 35.5 Å². The van der Waals surface area contributed by atoms with Gasteiger partial charge in [0.05, 0.1) is 11.9 Å². The van der Waals surface area contributed by atoms with Crippen LogP contribution in [-0.2, 0) is 0 Å². The Labute approximate surface area is 184 Å². The molecule has 0 saturated carbocycles. The molecule has 2 heterocycles. The number of hydrogen-bond acceptors (Lipinski definition) is 7. The molecular weight excluding hydrogens is 409 g/mol. The molecule has 0 bridgehead atoms. The maximum absolute atomic E-state index is 13.7. The van der Waals surface area contributed by atoms with Gasteiger partial charge in [-0.2, -0.15) is 9.67 Å². The summed E-state index contributed by atoms with van der Waals surface area (Å²) < 4.78 is 15.2. The van der Waals surface area contributed by atoms with E-state index < -0.39 is 0 Å². The Morgan fingerprint density at radius 1 is 1.16 bits per heavy atom. The number of fused-ring (bicyclic) bond motifs is 1. The van der Waals surface area contributed by atoms with Crippen molar-refractivity contribution in [2.24, 2.45) is 0 Å². The number of nitrogens with zero attached hydrogens (tertiary/aromatic N) is 7. The van der Waals surface area contributed by atoms with Gasteiger partial charge < -0.3 is 9.80 Å². The summed E-state index contributed by atoms with van der Waals surface area (Å²) >= 11 is 0. The fraction of sp³-hybridized carbons (Fsp3) is 0.174. The van der Waals surface area contributed by atoms with E-state index in [4.69, 9.17) is 0 Å². The smallest absolute Gasteiger partial charge is 0.232 e. The van der Waals surface area contributed by atoms with Gasteiger partial charge in [-0.15, -0.1) is 5.10 Å². The SMILES string of the molecule is CCN(c1cccc(C(=O)/C=C/N(C)C)c1)c1ncc2nnn(-c3cccc(F)c3)c2n1. The van der Waals surface area contributed by atoms with Crippen LogP contribution in [-0.4, -0.2) is 56.3 Å². The van der Waals surface area contributed by atoms with Crippen molar-refractivity contribution in [3.05, 3.63) is 78.4 Å². The lowest BCUT2D eigenvalue weighted by Gasteiger charge is -2.21. The molecule has 2 aromatic heterocycles. The van der Waals surface area contributed by atoms with Crippen molar-refractivity contribution < 1.29 is 9.18 Å². The topological polar surface area (TPSA) is 80.0 Å². The van der Waals surface area contributed by atoms with Crippen LogP contribution >= 0.6 is 0 Å². The number of anilines is 2. The lowest BCUT2D eigenvalue weighted by molar-refractivity contribution is 0.104. The van der Waals surface area contributed by atoms with Crippen molar-refractivity contribution in [3.63, 3.8) is 0 Å². The fourth-order valence-electron chi connectivity index (χ4n) is 3.21. The van der Waals surface area contributed by atoms with Crippen molar-refractivity contribution >= 4 is 28.6 Å². The van der Waals surface area contributed by atoms with Gasteiger partial charge >= 0.3 is 0 Å². The summed E-state index contributed by atoms with van der Waals surface area (Å²) in [5.41, 5.74) is 2.81. The molecule has 0 atom stereocenters. The summed E-state index contributed by atoms with van der Waals surface area (Å²) in [6, 6.07) is 13.4. The van der Waals surface area contributed by atoms with Gasteiger partial charge in [-0.3, -0.25) is 4.79 Å². The Kier molecular flexibility index (Phi) is 5.89. The highest BCUT2D eigenvalue weighted by Gasteiger charge is 2.16. The van der Waals surface area contributed by atoms with Crippen molar-refractivity contribution in [3.8, 4) is 5.69 Å². The zero-order chi connectivity index (χ0) is 22.7. The van der Waals surface area contributed by atoms with E-state index in [1.165, 1.54) is 22.9 Å². The summed E-state index contributed by atoms with van der Waals surface area (Å²) in [6.07, 6.45) is 4.82. The summed E-state index contributed by atoms with van der Waals surface area (Å²) in [5.74, 6) is -0.0462. The van der Waals surface area contributed by atoms with E-state index in [0.29, 0.717) is 34.9 Å². The number of benzene rings is 2. The summed E-state index contributed by atoms with van der Waals surface area (Å²) in [6.45, 7) is 2.54. The molecule has 0 unspecified atom stereocenters. The number of aromatic nitrogens is 5. The van der Waals surface area contributed by atoms with Crippen LogP contribution in [0.5, 0.6) is 0 Å². The third-order valence-corrected chi connectivity index (χ3v) is 4.76. The molecule has 0 fully saturated rings. The molecule has 0 N–H and O–H groups in total. The highest BCUT2D eigenvalue weighted by atomic mass is 19.1. The van der Waals surface area contributed by atoms with Gasteiger partial charge in [-0.05, 0) is 37.3 Å². The van der Waals surface area contributed by atoms with Gasteiger partial charge in [0.15, 0.2) is 16.9 Å². The molecule has 8 nitrogen and oxygen atoms in total. The number of carbonyl (C=O) groups is 1. The summed E-state index contributed by atoms with van der Waals surface area (Å²) in [4.78, 5) is 25.3. The Morgan fingerprint density at radius 3 is 2.72 bits per heavy atom. The monoisotopic (exact) mass is 431 g/mol. The normalized spacial score (nSPS) is 11.2. The molecule has 0 amide bonds. The standard InChI is InChI=1S/C23H22FN7O/c1-4-30(18-9-5-7-16(13-18)21(32)11-12-29(2)3)23-25-15-20-22(26-23)31(28-27-20)19-10-6-8-17(24)14-19/h5-15H,4H2,1-3H3/b12-11+. The minimum Gasteiger partial charge on any atom is -0.383 e. The molecule has 32 heavy (non-hydrogen) atoms. The molecule has 9 heteroatoms. The maximum Gasteiger partial charge on any atom is 0.232 e. The summed E-state index contributed by atoms with van der Waals surface area (Å²) in [5, 5.41) is 8.19. The van der Waals surface area contributed by atoms with Crippen molar-refractivity contribution in [2.45, 2.75) is 6.92 Å². The van der Waals surface area contributed by atoms with Crippen LogP contribution in [0.2, 0.25) is 0 Å². The minimum atomic E-state index is -0.375. The fourth-order valence-corrected chi connectivity index (χ4v) is 3.21. The van der Waals surface area contributed by atoms with E-state index >= 15 is 0 Å². The Bertz CT molecular complexity index is 1300. The molecular formula is C23H22FN7O. The van der Waals surface area contributed by atoms with Crippen LogP contribution in [0.15, 0.2) is 67.0 Å². The number of allylic oxidation sites excluding steroid dienone is 1. The van der Waals surface area contributed by atoms with Gasteiger partial charge in [-0.1, -0.05) is 23.4 Å². The average molecular weight is 431 g/mol. The lowest BCUT2D eigenvalue weighted by atomic mass is 10.1. The molecule has 4 aromatic rings. The van der Waals surface area contributed by atoms with Crippen LogP contribution in [0.1, 0.15) is 17.3 Å². The highest BCUT2D eigenvalue weighted by molar-refractivity contribution is 6.05. The molecule has 0 spiro atoms. The van der Waals surface area contributed by atoms with Gasteiger partial charge in [0.1, 0.15) is 5.82 Å². The quantitative estimate of drug-likeness (QED) is 0.326. The van der Waals surface area contributed by atoms with E-state index in [1.807, 2.05) is 44.1 Å². The largest absolute Gasteiger partial charge is 0.383 e. The Hall–Kier alpha value is -4.14. The Morgan fingerprint density at radius 2 is 1.97 bits per heavy atom. The minimum absolute atomic E-state index is 0.0960. The zero-order valence-corrected chi connectivity index (χ0v) is 18.0. The second kappa shape index (κ2) is 8.93. The predicted octanol–water partition coefficient (Wildman–Crippen LogP) is 3.77. The van der Waals surface area contributed by atoms with Crippen LogP contribution < -0.4 is 4.90 Å². The predicted molar refractivity (Wildman–Crippen MR) is 121 cm³/mol. The Balaban J connectivity index is 1.72. The molecule has 4 rings (SSSR count). The first kappa shape index (κ1) is 21.1. The van der Waals surface area contributed by atoms with Crippen molar-refractivity contribution in [1.29, 1.82) is 0 Å².